The van der Waals surface area contributed by atoms with Crippen LogP contribution in [0, 0.1) is 0 Å². The molecule has 6 heteroatoms. The molecule has 0 spiro atoms. The van der Waals surface area contributed by atoms with Gasteiger partial charge in [-0.25, -0.2) is 0 Å². The van der Waals surface area contributed by atoms with Gasteiger partial charge in [-0.1, -0.05) is 41.9 Å². The largest absolute Gasteiger partial charge is 0.271 e. The van der Waals surface area contributed by atoms with Crippen LogP contribution in [-0.4, -0.2) is 16.8 Å². The number of aromatic nitrogens is 1. The summed E-state index contributed by atoms with van der Waals surface area (Å²) in [5.74, 6) is -0.938. The molecule has 0 aliphatic heterocycles. The zero-order valence-corrected chi connectivity index (χ0v) is 12.7. The summed E-state index contributed by atoms with van der Waals surface area (Å²) in [7, 11) is 0. The molecular formula is C17H12ClN3O2. The average Bonchev–Trinajstić information content (AvgIpc) is 2.59. The van der Waals surface area contributed by atoms with Crippen LogP contribution in [0.4, 0.5) is 0 Å². The van der Waals surface area contributed by atoms with Crippen molar-refractivity contribution in [3.63, 3.8) is 0 Å². The Kier molecular flexibility index (Phi) is 4.21. The Morgan fingerprint density at radius 2 is 1.48 bits per heavy atom. The van der Waals surface area contributed by atoms with Gasteiger partial charge in [0.25, 0.3) is 11.8 Å². The molecule has 23 heavy (non-hydrogen) atoms. The molecule has 0 radical (unpaired) electrons. The smallest absolute Gasteiger partial charge is 0.267 e. The molecule has 5 nitrogen and oxygen atoms in total. The summed E-state index contributed by atoms with van der Waals surface area (Å²) >= 11 is 5.95. The second-order valence-corrected chi connectivity index (χ2v) is 5.18. The van der Waals surface area contributed by atoms with Crippen molar-refractivity contribution in [2.24, 2.45) is 0 Å². The first-order valence-corrected chi connectivity index (χ1v) is 7.23. The molecule has 0 aliphatic carbocycles. The third kappa shape index (κ3) is 3.14. The van der Waals surface area contributed by atoms with Gasteiger partial charge >= 0.3 is 0 Å². The molecule has 3 aromatic rings. The van der Waals surface area contributed by atoms with Crippen LogP contribution in [0.2, 0.25) is 5.02 Å². The maximum absolute atomic E-state index is 12.3. The van der Waals surface area contributed by atoms with Gasteiger partial charge in [0.05, 0.1) is 21.7 Å². The fourth-order valence-corrected chi connectivity index (χ4v) is 2.40. The molecular weight excluding hydrogens is 314 g/mol. The molecule has 0 fully saturated rings. The van der Waals surface area contributed by atoms with Crippen LogP contribution in [0.25, 0.3) is 10.9 Å². The number of benzene rings is 2. The van der Waals surface area contributed by atoms with Gasteiger partial charge in [0.1, 0.15) is 0 Å². The SMILES string of the molecule is O=C(NNC(=O)c1cccc2cccnc12)c1ccccc1Cl. The van der Waals surface area contributed by atoms with Crippen LogP contribution in [0.3, 0.4) is 0 Å². The number of nitrogens with zero attached hydrogens (tertiary/aromatic N) is 1. The van der Waals surface area contributed by atoms with Gasteiger partial charge in [-0.3, -0.25) is 25.4 Å². The number of hydrazine groups is 1. The van der Waals surface area contributed by atoms with Gasteiger partial charge in [-0.15, -0.1) is 0 Å². The highest BCUT2D eigenvalue weighted by Gasteiger charge is 2.13. The van der Waals surface area contributed by atoms with E-state index >= 15 is 0 Å². The number of para-hydroxylation sites is 1. The first-order chi connectivity index (χ1) is 11.2. The summed E-state index contributed by atoms with van der Waals surface area (Å²) in [6.07, 6.45) is 1.61. The van der Waals surface area contributed by atoms with E-state index in [9.17, 15) is 9.59 Å². The minimum atomic E-state index is -0.489. The first kappa shape index (κ1) is 15.0. The van der Waals surface area contributed by atoms with E-state index in [1.54, 1.807) is 48.7 Å². The molecule has 0 bridgehead atoms. The van der Waals surface area contributed by atoms with Crippen LogP contribution in [0.1, 0.15) is 20.7 Å². The van der Waals surface area contributed by atoms with Crippen molar-refractivity contribution in [2.45, 2.75) is 0 Å². The third-order valence-corrected chi connectivity index (χ3v) is 3.61. The number of carbonyl (C=O) groups is 2. The zero-order chi connectivity index (χ0) is 16.2. The molecule has 114 valence electrons. The lowest BCUT2D eigenvalue weighted by molar-refractivity contribution is 0.0847. The van der Waals surface area contributed by atoms with Crippen molar-refractivity contribution in [1.82, 2.24) is 15.8 Å². The Hall–Kier alpha value is -2.92. The fourth-order valence-electron chi connectivity index (χ4n) is 2.18. The summed E-state index contributed by atoms with van der Waals surface area (Å²) in [6.45, 7) is 0. The highest BCUT2D eigenvalue weighted by Crippen LogP contribution is 2.16. The minimum absolute atomic E-state index is 0.283. The molecule has 0 aliphatic rings. The molecule has 2 aromatic carbocycles. The lowest BCUT2D eigenvalue weighted by Gasteiger charge is -2.09. The lowest BCUT2D eigenvalue weighted by atomic mass is 10.1. The van der Waals surface area contributed by atoms with Crippen LogP contribution >= 0.6 is 11.6 Å². The van der Waals surface area contributed by atoms with Crippen molar-refractivity contribution in [3.05, 3.63) is 76.9 Å². The van der Waals surface area contributed by atoms with E-state index in [1.807, 2.05) is 12.1 Å². The number of amides is 2. The zero-order valence-electron chi connectivity index (χ0n) is 11.9. The summed E-state index contributed by atoms with van der Waals surface area (Å²) in [5.41, 5.74) is 5.96. The molecule has 1 heterocycles. The topological polar surface area (TPSA) is 71.1 Å². The van der Waals surface area contributed by atoms with Gasteiger partial charge < -0.3 is 0 Å². The Bertz CT molecular complexity index is 890. The Labute approximate surface area is 137 Å². The highest BCUT2D eigenvalue weighted by atomic mass is 35.5. The number of pyridine rings is 1. The standard InChI is InChI=1S/C17H12ClN3O2/c18-14-9-2-1-7-12(14)16(22)20-21-17(23)13-8-3-5-11-6-4-10-19-15(11)13/h1-10H,(H,20,22)(H,21,23). The van der Waals surface area contributed by atoms with Gasteiger partial charge in [-0.2, -0.15) is 0 Å². The molecule has 0 unspecified atom stereocenters. The highest BCUT2D eigenvalue weighted by molar-refractivity contribution is 6.33. The molecule has 0 saturated carbocycles. The normalized spacial score (nSPS) is 10.3. The fraction of sp³-hybridized carbons (Fsp3) is 0. The van der Waals surface area contributed by atoms with E-state index in [0.29, 0.717) is 16.1 Å². The van der Waals surface area contributed by atoms with E-state index in [1.165, 1.54) is 0 Å². The van der Waals surface area contributed by atoms with Crippen LogP contribution in [0.5, 0.6) is 0 Å². The van der Waals surface area contributed by atoms with E-state index in [0.717, 1.165) is 5.39 Å². The Morgan fingerprint density at radius 3 is 2.26 bits per heavy atom. The molecule has 3 rings (SSSR count). The first-order valence-electron chi connectivity index (χ1n) is 6.86. The third-order valence-electron chi connectivity index (χ3n) is 3.29. The van der Waals surface area contributed by atoms with Gasteiger partial charge in [0, 0.05) is 11.6 Å². The van der Waals surface area contributed by atoms with Gasteiger partial charge in [-0.05, 0) is 24.3 Å². The minimum Gasteiger partial charge on any atom is -0.267 e. The number of carbonyl (C=O) groups excluding carboxylic acids is 2. The summed E-state index contributed by atoms with van der Waals surface area (Å²) < 4.78 is 0. The Morgan fingerprint density at radius 1 is 0.826 bits per heavy atom. The van der Waals surface area contributed by atoms with Gasteiger partial charge in [0.2, 0.25) is 0 Å². The van der Waals surface area contributed by atoms with E-state index in [2.05, 4.69) is 15.8 Å². The predicted molar refractivity (Wildman–Crippen MR) is 88.1 cm³/mol. The maximum Gasteiger partial charge on any atom is 0.271 e. The Balaban J connectivity index is 1.77. The summed E-state index contributed by atoms with van der Waals surface area (Å²) in [4.78, 5) is 28.5. The van der Waals surface area contributed by atoms with Gasteiger partial charge in [0.15, 0.2) is 0 Å². The van der Waals surface area contributed by atoms with Crippen LogP contribution in [-0.2, 0) is 0 Å². The second kappa shape index (κ2) is 6.46. The second-order valence-electron chi connectivity index (χ2n) is 4.77. The number of rotatable bonds is 2. The number of nitrogens with one attached hydrogen (secondary N) is 2. The molecule has 1 aromatic heterocycles. The van der Waals surface area contributed by atoms with Crippen molar-refractivity contribution in [2.75, 3.05) is 0 Å². The predicted octanol–water partition coefficient (Wildman–Crippen LogP) is 2.96. The summed E-state index contributed by atoms with van der Waals surface area (Å²) in [5, 5.41) is 1.16. The maximum atomic E-state index is 12.3. The average molecular weight is 326 g/mol. The lowest BCUT2D eigenvalue weighted by Crippen LogP contribution is -2.41. The molecule has 0 saturated heterocycles. The van der Waals surface area contributed by atoms with Crippen molar-refractivity contribution in [3.8, 4) is 0 Å². The van der Waals surface area contributed by atoms with E-state index < -0.39 is 11.8 Å². The van der Waals surface area contributed by atoms with Crippen molar-refractivity contribution in [1.29, 1.82) is 0 Å². The molecule has 2 N–H and O–H groups in total. The van der Waals surface area contributed by atoms with Crippen molar-refractivity contribution < 1.29 is 9.59 Å². The quantitative estimate of drug-likeness (QED) is 0.712. The van der Waals surface area contributed by atoms with E-state index in [-0.39, 0.29) is 5.56 Å². The van der Waals surface area contributed by atoms with E-state index in [4.69, 9.17) is 11.6 Å². The molecule has 2 amide bonds. The summed E-state index contributed by atoms with van der Waals surface area (Å²) in [6, 6.07) is 15.5. The van der Waals surface area contributed by atoms with Crippen molar-refractivity contribution >= 4 is 34.3 Å². The van der Waals surface area contributed by atoms with Crippen LogP contribution < -0.4 is 10.9 Å². The number of hydrogen-bond acceptors (Lipinski definition) is 3. The number of fused-ring (bicyclic) bond motifs is 1. The number of halogens is 1. The monoisotopic (exact) mass is 325 g/mol. The number of hydrogen-bond donors (Lipinski definition) is 2. The molecule has 0 atom stereocenters. The van der Waals surface area contributed by atoms with Crippen LogP contribution in [0.15, 0.2) is 60.8 Å².